The van der Waals surface area contributed by atoms with Crippen molar-refractivity contribution in [1.82, 2.24) is 0 Å². The smallest absolute Gasteiger partial charge is 0.488 e. The standard InChI is InChI=1S/C13H11BBrClO3/c15-12-3-1-2-11(14(17)18)13(12)19-8-9-4-6-10(16)7-5-9/h1-7,17-18H,8H2. The minimum atomic E-state index is -1.57. The van der Waals surface area contributed by atoms with Crippen LogP contribution in [0.3, 0.4) is 0 Å². The molecule has 98 valence electrons. The van der Waals surface area contributed by atoms with E-state index in [0.717, 1.165) is 5.56 Å². The zero-order valence-corrected chi connectivity index (χ0v) is 12.2. The Morgan fingerprint density at radius 1 is 1.11 bits per heavy atom. The second kappa shape index (κ2) is 6.43. The van der Waals surface area contributed by atoms with E-state index in [1.54, 1.807) is 30.3 Å². The molecule has 0 aromatic heterocycles. The van der Waals surface area contributed by atoms with Crippen LogP contribution in [0, 0.1) is 0 Å². The van der Waals surface area contributed by atoms with Crippen LogP contribution < -0.4 is 10.2 Å². The molecule has 0 atom stereocenters. The fourth-order valence-electron chi connectivity index (χ4n) is 1.62. The number of halogens is 2. The molecule has 0 saturated heterocycles. The minimum Gasteiger partial charge on any atom is -0.488 e. The van der Waals surface area contributed by atoms with Crippen molar-refractivity contribution in [2.75, 3.05) is 0 Å². The van der Waals surface area contributed by atoms with Gasteiger partial charge in [0.1, 0.15) is 12.4 Å². The van der Waals surface area contributed by atoms with Gasteiger partial charge in [-0.3, -0.25) is 0 Å². The Bertz CT molecular complexity index is 560. The van der Waals surface area contributed by atoms with Crippen molar-refractivity contribution in [3.05, 3.63) is 57.5 Å². The van der Waals surface area contributed by atoms with Gasteiger partial charge in [0, 0.05) is 10.5 Å². The van der Waals surface area contributed by atoms with Gasteiger partial charge in [-0.1, -0.05) is 35.9 Å². The third kappa shape index (κ3) is 3.73. The Morgan fingerprint density at radius 3 is 2.42 bits per heavy atom. The molecular weight excluding hydrogens is 330 g/mol. The lowest BCUT2D eigenvalue weighted by Gasteiger charge is -2.13. The quantitative estimate of drug-likeness (QED) is 0.840. The first-order valence-corrected chi connectivity index (χ1v) is 6.77. The summed E-state index contributed by atoms with van der Waals surface area (Å²) in [6.45, 7) is 0.319. The van der Waals surface area contributed by atoms with Gasteiger partial charge >= 0.3 is 7.12 Å². The summed E-state index contributed by atoms with van der Waals surface area (Å²) in [5, 5.41) is 19.3. The zero-order chi connectivity index (χ0) is 13.8. The van der Waals surface area contributed by atoms with Crippen molar-refractivity contribution in [3.63, 3.8) is 0 Å². The lowest BCUT2D eigenvalue weighted by Crippen LogP contribution is -2.31. The second-order valence-corrected chi connectivity index (χ2v) is 5.24. The van der Waals surface area contributed by atoms with E-state index >= 15 is 0 Å². The van der Waals surface area contributed by atoms with Gasteiger partial charge in [-0.2, -0.15) is 0 Å². The molecule has 2 N–H and O–H groups in total. The first kappa shape index (κ1) is 14.4. The normalized spacial score (nSPS) is 10.3. The summed E-state index contributed by atoms with van der Waals surface area (Å²) in [5.74, 6) is 0.424. The van der Waals surface area contributed by atoms with E-state index in [4.69, 9.17) is 16.3 Å². The number of benzene rings is 2. The summed E-state index contributed by atoms with van der Waals surface area (Å²) in [6, 6.07) is 12.4. The van der Waals surface area contributed by atoms with Gasteiger partial charge in [-0.05, 0) is 39.7 Å². The number of ether oxygens (including phenoxy) is 1. The van der Waals surface area contributed by atoms with Crippen LogP contribution >= 0.6 is 27.5 Å². The highest BCUT2D eigenvalue weighted by atomic mass is 79.9. The van der Waals surface area contributed by atoms with E-state index in [-0.39, 0.29) is 0 Å². The minimum absolute atomic E-state index is 0.319. The third-order valence-corrected chi connectivity index (χ3v) is 3.45. The van der Waals surface area contributed by atoms with E-state index in [9.17, 15) is 10.0 Å². The molecule has 2 rings (SSSR count). The Labute approximate surface area is 125 Å². The largest absolute Gasteiger partial charge is 0.492 e. The van der Waals surface area contributed by atoms with Crippen LogP contribution in [0.1, 0.15) is 5.56 Å². The van der Waals surface area contributed by atoms with Crippen LogP contribution in [-0.2, 0) is 6.61 Å². The molecule has 0 aliphatic rings. The molecule has 0 unspecified atom stereocenters. The highest BCUT2D eigenvalue weighted by Gasteiger charge is 2.19. The Morgan fingerprint density at radius 2 is 1.79 bits per heavy atom. The van der Waals surface area contributed by atoms with Crippen molar-refractivity contribution in [2.45, 2.75) is 6.61 Å². The third-order valence-electron chi connectivity index (χ3n) is 2.57. The topological polar surface area (TPSA) is 49.7 Å². The van der Waals surface area contributed by atoms with E-state index in [1.165, 1.54) is 0 Å². The molecule has 2 aromatic rings. The molecule has 6 heteroatoms. The van der Waals surface area contributed by atoms with Gasteiger partial charge in [0.2, 0.25) is 0 Å². The van der Waals surface area contributed by atoms with E-state index in [2.05, 4.69) is 15.9 Å². The summed E-state index contributed by atoms with van der Waals surface area (Å²) >= 11 is 9.14. The van der Waals surface area contributed by atoms with E-state index < -0.39 is 7.12 Å². The van der Waals surface area contributed by atoms with Gasteiger partial charge < -0.3 is 14.8 Å². The molecule has 0 aliphatic carbocycles. The van der Waals surface area contributed by atoms with Crippen molar-refractivity contribution < 1.29 is 14.8 Å². The maximum absolute atomic E-state index is 9.30. The fraction of sp³-hybridized carbons (Fsp3) is 0.0769. The van der Waals surface area contributed by atoms with Crippen LogP contribution in [0.25, 0.3) is 0 Å². The van der Waals surface area contributed by atoms with Crippen molar-refractivity contribution in [1.29, 1.82) is 0 Å². The van der Waals surface area contributed by atoms with Crippen LogP contribution in [0.2, 0.25) is 5.02 Å². The van der Waals surface area contributed by atoms with Gasteiger partial charge in [-0.25, -0.2) is 0 Å². The molecule has 2 aromatic carbocycles. The second-order valence-electron chi connectivity index (χ2n) is 3.95. The molecular formula is C13H11BBrClO3. The van der Waals surface area contributed by atoms with Crippen LogP contribution in [0.15, 0.2) is 46.9 Å². The monoisotopic (exact) mass is 340 g/mol. The van der Waals surface area contributed by atoms with E-state index in [1.807, 2.05) is 12.1 Å². The number of hydrogen-bond donors (Lipinski definition) is 2. The molecule has 0 fully saturated rings. The number of para-hydroxylation sites is 1. The highest BCUT2D eigenvalue weighted by Crippen LogP contribution is 2.23. The summed E-state index contributed by atoms with van der Waals surface area (Å²) in [4.78, 5) is 0. The average Bonchev–Trinajstić information content (AvgIpc) is 2.39. The zero-order valence-electron chi connectivity index (χ0n) is 9.88. The summed E-state index contributed by atoms with van der Waals surface area (Å²) < 4.78 is 6.32. The number of hydrogen-bond acceptors (Lipinski definition) is 3. The lowest BCUT2D eigenvalue weighted by molar-refractivity contribution is 0.305. The molecule has 19 heavy (non-hydrogen) atoms. The highest BCUT2D eigenvalue weighted by molar-refractivity contribution is 9.10. The molecule has 0 saturated carbocycles. The maximum atomic E-state index is 9.30. The van der Waals surface area contributed by atoms with E-state index in [0.29, 0.717) is 27.3 Å². The molecule has 0 spiro atoms. The Kier molecular flexibility index (Phi) is 4.88. The molecule has 0 heterocycles. The van der Waals surface area contributed by atoms with Gasteiger partial charge in [0.15, 0.2) is 0 Å². The molecule has 0 amide bonds. The SMILES string of the molecule is OB(O)c1cccc(Br)c1OCc1ccc(Cl)cc1. The van der Waals surface area contributed by atoms with Crippen molar-refractivity contribution in [2.24, 2.45) is 0 Å². The maximum Gasteiger partial charge on any atom is 0.492 e. The molecule has 3 nitrogen and oxygen atoms in total. The predicted molar refractivity (Wildman–Crippen MR) is 79.8 cm³/mol. The summed E-state index contributed by atoms with van der Waals surface area (Å²) in [5.41, 5.74) is 1.27. The van der Waals surface area contributed by atoms with Crippen LogP contribution in [0.4, 0.5) is 0 Å². The lowest BCUT2D eigenvalue weighted by atomic mass is 9.79. The summed E-state index contributed by atoms with van der Waals surface area (Å²) in [6.07, 6.45) is 0. The summed E-state index contributed by atoms with van der Waals surface area (Å²) in [7, 11) is -1.57. The van der Waals surface area contributed by atoms with Crippen molar-refractivity contribution in [3.8, 4) is 5.75 Å². The first-order valence-electron chi connectivity index (χ1n) is 5.59. The molecule has 0 radical (unpaired) electrons. The van der Waals surface area contributed by atoms with Crippen molar-refractivity contribution >= 4 is 40.1 Å². The first-order chi connectivity index (χ1) is 9.08. The predicted octanol–water partition coefficient (Wildman–Crippen LogP) is 2.36. The van der Waals surface area contributed by atoms with Crippen LogP contribution in [0.5, 0.6) is 5.75 Å². The van der Waals surface area contributed by atoms with Gasteiger partial charge in [0.05, 0.1) is 4.47 Å². The van der Waals surface area contributed by atoms with Gasteiger partial charge in [-0.15, -0.1) is 0 Å². The Balaban J connectivity index is 2.17. The fourth-order valence-corrected chi connectivity index (χ4v) is 2.24. The van der Waals surface area contributed by atoms with Gasteiger partial charge in [0.25, 0.3) is 0 Å². The Hall–Kier alpha value is -1.01. The molecule has 0 bridgehead atoms. The van der Waals surface area contributed by atoms with Crippen LogP contribution in [-0.4, -0.2) is 17.2 Å². The number of rotatable bonds is 4. The molecule has 0 aliphatic heterocycles. The average molecular weight is 341 g/mol.